The highest BCUT2D eigenvalue weighted by Crippen LogP contribution is 2.24. The normalized spacial score (nSPS) is 19.9. The SMILES string of the molecule is O=C(NCCN1CCN(C(=O)c2ccco2)CC1)C1CC(=O)N(c2ccccc2)C1. The maximum atomic E-state index is 12.5. The Labute approximate surface area is 175 Å². The Bertz CT molecular complexity index is 876. The summed E-state index contributed by atoms with van der Waals surface area (Å²) < 4.78 is 5.18. The number of para-hydroxylation sites is 1. The lowest BCUT2D eigenvalue weighted by Gasteiger charge is -2.34. The number of nitrogens with one attached hydrogen (secondary N) is 1. The number of hydrogen-bond donors (Lipinski definition) is 1. The van der Waals surface area contributed by atoms with E-state index in [-0.39, 0.29) is 30.1 Å². The van der Waals surface area contributed by atoms with Crippen molar-refractivity contribution in [3.8, 4) is 0 Å². The predicted octanol–water partition coefficient (Wildman–Crippen LogP) is 1.21. The van der Waals surface area contributed by atoms with Gasteiger partial charge in [0.1, 0.15) is 0 Å². The maximum Gasteiger partial charge on any atom is 0.289 e. The van der Waals surface area contributed by atoms with Gasteiger partial charge in [-0.3, -0.25) is 19.3 Å². The molecule has 1 atom stereocenters. The van der Waals surface area contributed by atoms with Crippen molar-refractivity contribution in [3.63, 3.8) is 0 Å². The molecule has 2 aromatic rings. The number of hydrogen-bond acceptors (Lipinski definition) is 5. The van der Waals surface area contributed by atoms with Crippen LogP contribution in [0.3, 0.4) is 0 Å². The molecule has 8 nitrogen and oxygen atoms in total. The molecule has 3 amide bonds. The highest BCUT2D eigenvalue weighted by Gasteiger charge is 2.35. The number of nitrogens with zero attached hydrogens (tertiary/aromatic N) is 3. The average molecular weight is 410 g/mol. The van der Waals surface area contributed by atoms with Crippen LogP contribution in [-0.2, 0) is 9.59 Å². The van der Waals surface area contributed by atoms with Gasteiger partial charge in [0.2, 0.25) is 11.8 Å². The Kier molecular flexibility index (Phi) is 6.13. The number of furan rings is 1. The van der Waals surface area contributed by atoms with E-state index in [0.29, 0.717) is 31.9 Å². The van der Waals surface area contributed by atoms with Gasteiger partial charge in [0.15, 0.2) is 5.76 Å². The molecule has 1 N–H and O–H groups in total. The fourth-order valence-corrected chi connectivity index (χ4v) is 3.95. The first-order valence-corrected chi connectivity index (χ1v) is 10.3. The van der Waals surface area contributed by atoms with Gasteiger partial charge in [0.25, 0.3) is 5.91 Å². The number of piperazine rings is 1. The number of rotatable bonds is 6. The number of benzene rings is 1. The van der Waals surface area contributed by atoms with Crippen LogP contribution in [-0.4, -0.2) is 73.3 Å². The fourth-order valence-electron chi connectivity index (χ4n) is 3.95. The Hall–Kier alpha value is -3.13. The highest BCUT2D eigenvalue weighted by atomic mass is 16.3. The van der Waals surface area contributed by atoms with Crippen LogP contribution in [0.25, 0.3) is 0 Å². The summed E-state index contributed by atoms with van der Waals surface area (Å²) in [5.74, 6) is -0.124. The summed E-state index contributed by atoms with van der Waals surface area (Å²) in [6.07, 6.45) is 1.75. The summed E-state index contributed by atoms with van der Waals surface area (Å²) in [5, 5.41) is 2.97. The summed E-state index contributed by atoms with van der Waals surface area (Å²) >= 11 is 0. The van der Waals surface area contributed by atoms with Crippen LogP contribution >= 0.6 is 0 Å². The van der Waals surface area contributed by atoms with Crippen molar-refractivity contribution in [1.29, 1.82) is 0 Å². The molecule has 1 aromatic carbocycles. The molecular weight excluding hydrogens is 384 g/mol. The molecule has 0 spiro atoms. The van der Waals surface area contributed by atoms with Crippen molar-refractivity contribution < 1.29 is 18.8 Å². The Morgan fingerprint density at radius 3 is 2.50 bits per heavy atom. The lowest BCUT2D eigenvalue weighted by atomic mass is 10.1. The summed E-state index contributed by atoms with van der Waals surface area (Å²) in [6.45, 7) is 4.45. The van der Waals surface area contributed by atoms with E-state index in [1.165, 1.54) is 6.26 Å². The van der Waals surface area contributed by atoms with Crippen LogP contribution in [0.4, 0.5) is 5.69 Å². The predicted molar refractivity (Wildman–Crippen MR) is 111 cm³/mol. The molecule has 0 saturated carbocycles. The molecule has 2 aliphatic heterocycles. The molecule has 0 radical (unpaired) electrons. The van der Waals surface area contributed by atoms with Gasteiger partial charge in [0.05, 0.1) is 12.2 Å². The van der Waals surface area contributed by atoms with Gasteiger partial charge >= 0.3 is 0 Å². The quantitative estimate of drug-likeness (QED) is 0.774. The molecule has 2 saturated heterocycles. The third-order valence-corrected chi connectivity index (χ3v) is 5.68. The minimum Gasteiger partial charge on any atom is -0.459 e. The minimum absolute atomic E-state index is 0.0151. The highest BCUT2D eigenvalue weighted by molar-refractivity contribution is 6.00. The molecule has 2 fully saturated rings. The molecular formula is C22H26N4O4. The second kappa shape index (κ2) is 9.13. The average Bonchev–Trinajstić information content (AvgIpc) is 3.44. The Morgan fingerprint density at radius 2 is 1.80 bits per heavy atom. The maximum absolute atomic E-state index is 12.5. The molecule has 30 heavy (non-hydrogen) atoms. The summed E-state index contributed by atoms with van der Waals surface area (Å²) in [7, 11) is 0. The number of anilines is 1. The molecule has 4 rings (SSSR count). The zero-order valence-electron chi connectivity index (χ0n) is 16.8. The van der Waals surface area contributed by atoms with Gasteiger partial charge in [0, 0.05) is 57.9 Å². The Morgan fingerprint density at radius 1 is 1.03 bits per heavy atom. The van der Waals surface area contributed by atoms with Crippen LogP contribution in [0.2, 0.25) is 0 Å². The molecule has 158 valence electrons. The molecule has 1 unspecified atom stereocenters. The third kappa shape index (κ3) is 4.54. The van der Waals surface area contributed by atoms with Crippen LogP contribution in [0.1, 0.15) is 17.0 Å². The second-order valence-corrected chi connectivity index (χ2v) is 7.64. The molecule has 0 bridgehead atoms. The van der Waals surface area contributed by atoms with E-state index < -0.39 is 0 Å². The van der Waals surface area contributed by atoms with E-state index in [0.717, 1.165) is 25.3 Å². The van der Waals surface area contributed by atoms with Crippen molar-refractivity contribution in [2.75, 3.05) is 50.7 Å². The van der Waals surface area contributed by atoms with Crippen molar-refractivity contribution in [2.24, 2.45) is 5.92 Å². The van der Waals surface area contributed by atoms with Crippen LogP contribution in [0.5, 0.6) is 0 Å². The lowest BCUT2D eigenvalue weighted by Crippen LogP contribution is -2.50. The van der Waals surface area contributed by atoms with Crippen molar-refractivity contribution >= 4 is 23.4 Å². The zero-order chi connectivity index (χ0) is 20.9. The summed E-state index contributed by atoms with van der Waals surface area (Å²) in [6, 6.07) is 12.8. The molecule has 8 heteroatoms. The van der Waals surface area contributed by atoms with E-state index in [1.54, 1.807) is 21.9 Å². The van der Waals surface area contributed by atoms with Gasteiger partial charge in [-0.1, -0.05) is 18.2 Å². The van der Waals surface area contributed by atoms with Crippen LogP contribution in [0.15, 0.2) is 53.1 Å². The summed E-state index contributed by atoms with van der Waals surface area (Å²) in [5.41, 5.74) is 0.833. The van der Waals surface area contributed by atoms with E-state index >= 15 is 0 Å². The molecule has 1 aromatic heterocycles. The van der Waals surface area contributed by atoms with Crippen molar-refractivity contribution in [2.45, 2.75) is 6.42 Å². The summed E-state index contributed by atoms with van der Waals surface area (Å²) in [4.78, 5) is 42.8. The van der Waals surface area contributed by atoms with E-state index in [9.17, 15) is 14.4 Å². The largest absolute Gasteiger partial charge is 0.459 e. The first-order valence-electron chi connectivity index (χ1n) is 10.3. The smallest absolute Gasteiger partial charge is 0.289 e. The van der Waals surface area contributed by atoms with E-state index in [4.69, 9.17) is 4.42 Å². The minimum atomic E-state index is -0.319. The monoisotopic (exact) mass is 410 g/mol. The fraction of sp³-hybridized carbons (Fsp3) is 0.409. The van der Waals surface area contributed by atoms with Crippen molar-refractivity contribution in [3.05, 3.63) is 54.5 Å². The van der Waals surface area contributed by atoms with Crippen LogP contribution in [0, 0.1) is 5.92 Å². The Balaban J connectivity index is 1.18. The van der Waals surface area contributed by atoms with Gasteiger partial charge in [-0.05, 0) is 24.3 Å². The van der Waals surface area contributed by atoms with E-state index in [1.807, 2.05) is 30.3 Å². The standard InChI is InChI=1S/C22H26N4O4/c27-20-15-17(16-26(20)18-5-2-1-3-6-18)21(28)23-8-9-24-10-12-25(13-11-24)22(29)19-7-4-14-30-19/h1-7,14,17H,8-13,15-16H2,(H,23,28). The van der Waals surface area contributed by atoms with Gasteiger partial charge in [-0.15, -0.1) is 0 Å². The number of amides is 3. The first kappa shape index (κ1) is 20.2. The second-order valence-electron chi connectivity index (χ2n) is 7.64. The van der Waals surface area contributed by atoms with Crippen LogP contribution < -0.4 is 10.2 Å². The van der Waals surface area contributed by atoms with E-state index in [2.05, 4.69) is 10.2 Å². The number of carbonyl (C=O) groups is 3. The molecule has 0 aliphatic carbocycles. The third-order valence-electron chi connectivity index (χ3n) is 5.68. The first-order chi connectivity index (χ1) is 14.6. The van der Waals surface area contributed by atoms with Gasteiger partial charge in [-0.2, -0.15) is 0 Å². The number of carbonyl (C=O) groups excluding carboxylic acids is 3. The lowest BCUT2D eigenvalue weighted by molar-refractivity contribution is -0.126. The molecule has 2 aliphatic rings. The topological polar surface area (TPSA) is 86.1 Å². The van der Waals surface area contributed by atoms with Gasteiger partial charge < -0.3 is 19.5 Å². The molecule has 3 heterocycles. The van der Waals surface area contributed by atoms with Crippen molar-refractivity contribution in [1.82, 2.24) is 15.1 Å². The van der Waals surface area contributed by atoms with Gasteiger partial charge in [-0.25, -0.2) is 0 Å². The zero-order valence-corrected chi connectivity index (χ0v) is 16.8.